The Kier molecular flexibility index (Phi) is 5.25. The molecule has 0 unspecified atom stereocenters. The van der Waals surface area contributed by atoms with Crippen LogP contribution < -0.4 is 10.6 Å². The van der Waals surface area contributed by atoms with Gasteiger partial charge in [-0.05, 0) is 52.3 Å². The summed E-state index contributed by atoms with van der Waals surface area (Å²) < 4.78 is 19.3. The number of carbonyl (C=O) groups excluding carboxylic acids is 2. The van der Waals surface area contributed by atoms with E-state index in [9.17, 15) is 14.0 Å². The number of amides is 2. The summed E-state index contributed by atoms with van der Waals surface area (Å²) >= 11 is 0. The Hall–Kier alpha value is -2.31. The molecule has 0 aliphatic carbocycles. The molecule has 25 heavy (non-hydrogen) atoms. The fourth-order valence-corrected chi connectivity index (χ4v) is 2.84. The van der Waals surface area contributed by atoms with Gasteiger partial charge in [0.2, 0.25) is 5.91 Å². The Morgan fingerprint density at radius 3 is 2.56 bits per heavy atom. The molecule has 0 saturated carbocycles. The smallest absolute Gasteiger partial charge is 0.410 e. The average molecular weight is 351 g/mol. The van der Waals surface area contributed by atoms with E-state index in [1.54, 1.807) is 43.6 Å². The quantitative estimate of drug-likeness (QED) is 0.889. The van der Waals surface area contributed by atoms with Crippen molar-refractivity contribution in [1.82, 2.24) is 4.90 Å². The Bertz CT molecular complexity index is 672. The van der Waals surface area contributed by atoms with Crippen LogP contribution in [0.15, 0.2) is 18.2 Å². The molecule has 0 aromatic heterocycles. The fraction of sp³-hybridized carbons (Fsp3) is 0.556. The summed E-state index contributed by atoms with van der Waals surface area (Å²) in [5.74, 6) is -0.910. The zero-order valence-electron chi connectivity index (χ0n) is 15.4. The number of primary amides is 1. The second-order valence-corrected chi connectivity index (χ2v) is 7.46. The largest absolute Gasteiger partial charge is 0.444 e. The molecule has 6 nitrogen and oxygen atoms in total. The molecule has 0 fully saturated rings. The van der Waals surface area contributed by atoms with Crippen molar-refractivity contribution < 1.29 is 18.7 Å². The van der Waals surface area contributed by atoms with Gasteiger partial charge in [0.1, 0.15) is 17.5 Å². The number of nitrogens with two attached hydrogens (primary N) is 1. The van der Waals surface area contributed by atoms with Gasteiger partial charge in [0.05, 0.1) is 12.6 Å². The maximum atomic E-state index is 13.8. The third-order valence-electron chi connectivity index (χ3n) is 4.20. The number of rotatable bonds is 2. The van der Waals surface area contributed by atoms with Crippen molar-refractivity contribution in [3.05, 3.63) is 29.6 Å². The molecule has 1 aliphatic rings. The number of hydrogen-bond acceptors (Lipinski definition) is 4. The number of ether oxygens (including phenoxy) is 1. The first-order valence-corrected chi connectivity index (χ1v) is 8.33. The molecule has 2 amide bonds. The lowest BCUT2D eigenvalue weighted by Crippen LogP contribution is -2.49. The molecule has 7 heteroatoms. The van der Waals surface area contributed by atoms with Crippen LogP contribution in [0.3, 0.4) is 0 Å². The summed E-state index contributed by atoms with van der Waals surface area (Å²) in [5.41, 5.74) is 6.15. The van der Waals surface area contributed by atoms with Crippen molar-refractivity contribution in [2.24, 2.45) is 5.73 Å². The molecule has 2 N–H and O–H groups in total. The van der Waals surface area contributed by atoms with E-state index in [2.05, 4.69) is 0 Å². The Balaban J connectivity index is 2.42. The zero-order valence-corrected chi connectivity index (χ0v) is 15.4. The summed E-state index contributed by atoms with van der Waals surface area (Å²) in [7, 11) is 0. The van der Waals surface area contributed by atoms with Crippen molar-refractivity contribution in [3.63, 3.8) is 0 Å². The second kappa shape index (κ2) is 6.90. The van der Waals surface area contributed by atoms with Crippen LogP contribution in [-0.2, 0) is 16.1 Å². The lowest BCUT2D eigenvalue weighted by molar-refractivity contribution is -0.119. The SMILES string of the molecule is C[C@H]1CN([C@@H](C)C(N)=O)c2cc(F)ccc2CN1C(=O)OC(C)(C)C. The molecule has 1 aromatic rings. The first-order chi connectivity index (χ1) is 11.5. The lowest BCUT2D eigenvalue weighted by Gasteiger charge is -2.33. The summed E-state index contributed by atoms with van der Waals surface area (Å²) in [4.78, 5) is 27.6. The van der Waals surface area contributed by atoms with Gasteiger partial charge in [-0.15, -0.1) is 0 Å². The number of carbonyl (C=O) groups is 2. The van der Waals surface area contributed by atoms with E-state index >= 15 is 0 Å². The fourth-order valence-electron chi connectivity index (χ4n) is 2.84. The van der Waals surface area contributed by atoms with Gasteiger partial charge in [0, 0.05) is 12.2 Å². The van der Waals surface area contributed by atoms with E-state index < -0.39 is 29.5 Å². The van der Waals surface area contributed by atoms with Crippen LogP contribution in [0.4, 0.5) is 14.9 Å². The van der Waals surface area contributed by atoms with Crippen LogP contribution in [0.2, 0.25) is 0 Å². The normalized spacial score (nSPS) is 19.0. The highest BCUT2D eigenvalue weighted by Crippen LogP contribution is 2.30. The number of hydrogen-bond donors (Lipinski definition) is 1. The molecule has 0 spiro atoms. The van der Waals surface area contributed by atoms with Gasteiger partial charge in [-0.25, -0.2) is 9.18 Å². The Morgan fingerprint density at radius 2 is 2.00 bits per heavy atom. The van der Waals surface area contributed by atoms with E-state index in [0.29, 0.717) is 12.2 Å². The molecule has 2 atom stereocenters. The second-order valence-electron chi connectivity index (χ2n) is 7.46. The van der Waals surface area contributed by atoms with Gasteiger partial charge in [-0.2, -0.15) is 0 Å². The van der Waals surface area contributed by atoms with Crippen LogP contribution >= 0.6 is 0 Å². The molecule has 2 rings (SSSR count). The minimum absolute atomic E-state index is 0.243. The van der Waals surface area contributed by atoms with E-state index in [1.165, 1.54) is 12.1 Å². The lowest BCUT2D eigenvalue weighted by atomic mass is 10.1. The average Bonchev–Trinajstić information content (AvgIpc) is 2.61. The summed E-state index contributed by atoms with van der Waals surface area (Å²) in [5, 5.41) is 0. The highest BCUT2D eigenvalue weighted by Gasteiger charge is 2.34. The standard InChI is InChI=1S/C18H26FN3O3/c1-11-9-22(12(2)16(20)23)15-8-14(19)7-6-13(15)10-21(11)17(24)25-18(3,4)5/h6-8,11-12H,9-10H2,1-5H3,(H2,20,23)/t11-,12-/m0/s1. The van der Waals surface area contributed by atoms with E-state index in [1.807, 2.05) is 6.92 Å². The minimum atomic E-state index is -0.624. The molecular formula is C18H26FN3O3. The molecular weight excluding hydrogens is 325 g/mol. The highest BCUT2D eigenvalue weighted by molar-refractivity contribution is 5.84. The first kappa shape index (κ1) is 19.0. The number of fused-ring (bicyclic) bond motifs is 1. The summed E-state index contributed by atoms with van der Waals surface area (Å²) in [6.45, 7) is 9.57. The summed E-state index contributed by atoms with van der Waals surface area (Å²) in [6, 6.07) is 3.48. The van der Waals surface area contributed by atoms with Crippen molar-refractivity contribution in [2.75, 3.05) is 11.4 Å². The van der Waals surface area contributed by atoms with Crippen LogP contribution in [-0.4, -0.2) is 41.1 Å². The number of halogens is 1. The van der Waals surface area contributed by atoms with Crippen LogP contribution in [0.5, 0.6) is 0 Å². The number of benzene rings is 1. The van der Waals surface area contributed by atoms with Crippen molar-refractivity contribution >= 4 is 17.7 Å². The van der Waals surface area contributed by atoms with Gasteiger partial charge in [-0.1, -0.05) is 6.07 Å². The van der Waals surface area contributed by atoms with Crippen molar-refractivity contribution in [1.29, 1.82) is 0 Å². The predicted molar refractivity (Wildman–Crippen MR) is 93.6 cm³/mol. The zero-order chi connectivity index (χ0) is 18.9. The van der Waals surface area contributed by atoms with Crippen LogP contribution in [0.1, 0.15) is 40.2 Å². The topological polar surface area (TPSA) is 75.9 Å². The third-order valence-corrected chi connectivity index (χ3v) is 4.20. The van der Waals surface area contributed by atoms with Gasteiger partial charge in [-0.3, -0.25) is 9.69 Å². The molecule has 0 saturated heterocycles. The Morgan fingerprint density at radius 1 is 1.36 bits per heavy atom. The van der Waals surface area contributed by atoms with E-state index in [-0.39, 0.29) is 12.6 Å². The monoisotopic (exact) mass is 351 g/mol. The van der Waals surface area contributed by atoms with Gasteiger partial charge in [0.15, 0.2) is 0 Å². The summed E-state index contributed by atoms with van der Waals surface area (Å²) in [6.07, 6.45) is -0.441. The number of nitrogens with zero attached hydrogens (tertiary/aromatic N) is 2. The van der Waals surface area contributed by atoms with E-state index in [0.717, 1.165) is 5.56 Å². The van der Waals surface area contributed by atoms with Gasteiger partial charge in [0.25, 0.3) is 0 Å². The van der Waals surface area contributed by atoms with Gasteiger partial charge >= 0.3 is 6.09 Å². The van der Waals surface area contributed by atoms with Gasteiger partial charge < -0.3 is 15.4 Å². The van der Waals surface area contributed by atoms with Crippen molar-refractivity contribution in [2.45, 2.75) is 58.8 Å². The van der Waals surface area contributed by atoms with Crippen LogP contribution in [0.25, 0.3) is 0 Å². The molecule has 1 heterocycles. The third kappa shape index (κ3) is 4.41. The maximum absolute atomic E-state index is 13.8. The maximum Gasteiger partial charge on any atom is 0.410 e. The predicted octanol–water partition coefficient (Wildman–Crippen LogP) is 2.65. The molecule has 0 bridgehead atoms. The molecule has 1 aromatic carbocycles. The first-order valence-electron chi connectivity index (χ1n) is 8.33. The van der Waals surface area contributed by atoms with E-state index in [4.69, 9.17) is 10.5 Å². The highest BCUT2D eigenvalue weighted by atomic mass is 19.1. The number of anilines is 1. The molecule has 1 aliphatic heterocycles. The Labute approximate surface area is 147 Å². The van der Waals surface area contributed by atoms with Crippen molar-refractivity contribution in [3.8, 4) is 0 Å². The van der Waals surface area contributed by atoms with Crippen LogP contribution in [0, 0.1) is 5.82 Å². The molecule has 0 radical (unpaired) electrons. The molecule has 138 valence electrons. The minimum Gasteiger partial charge on any atom is -0.444 e.